The molecule has 4 N–H and O–H groups in total. The first-order valence-corrected chi connectivity index (χ1v) is 7.54. The molecule has 0 aliphatic heterocycles. The van der Waals surface area contributed by atoms with Crippen LogP contribution in [0.4, 0.5) is 0 Å². The Labute approximate surface area is 120 Å². The van der Waals surface area contributed by atoms with Crippen LogP contribution in [0.2, 0.25) is 0 Å². The third kappa shape index (κ3) is 3.10. The van der Waals surface area contributed by atoms with Crippen molar-refractivity contribution in [1.82, 2.24) is 14.9 Å². The van der Waals surface area contributed by atoms with Gasteiger partial charge in [0, 0.05) is 12.1 Å². The summed E-state index contributed by atoms with van der Waals surface area (Å²) < 4.78 is 27.6. The minimum Gasteiger partial charge on any atom is -0.329 e. The maximum Gasteiger partial charge on any atom is 0.244 e. The summed E-state index contributed by atoms with van der Waals surface area (Å²) in [5.74, 6) is 0.338. The normalized spacial score (nSPS) is 18.7. The van der Waals surface area contributed by atoms with Gasteiger partial charge >= 0.3 is 0 Å². The zero-order valence-electron chi connectivity index (χ0n) is 11.4. The molecule has 1 aromatic heterocycles. The van der Waals surface area contributed by atoms with Gasteiger partial charge in [0.1, 0.15) is 4.90 Å². The highest BCUT2D eigenvalue weighted by molar-refractivity contribution is 7.89. The van der Waals surface area contributed by atoms with E-state index in [0.717, 1.165) is 12.8 Å². The third-order valence-electron chi connectivity index (χ3n) is 3.60. The van der Waals surface area contributed by atoms with E-state index >= 15 is 0 Å². The molecule has 8 heteroatoms. The molecule has 1 fully saturated rings. The summed E-state index contributed by atoms with van der Waals surface area (Å²) in [6.45, 7) is 5.54. The quantitative estimate of drug-likeness (QED) is 0.750. The highest BCUT2D eigenvalue weighted by Crippen LogP contribution is 2.39. The van der Waals surface area contributed by atoms with Crippen molar-refractivity contribution in [2.24, 2.45) is 11.7 Å². The van der Waals surface area contributed by atoms with E-state index in [4.69, 9.17) is 5.73 Å². The number of rotatable bonds is 5. The van der Waals surface area contributed by atoms with Crippen molar-refractivity contribution < 1.29 is 8.42 Å². The average molecular weight is 309 g/mol. The van der Waals surface area contributed by atoms with Gasteiger partial charge in [0.15, 0.2) is 0 Å². The molecule has 1 aliphatic rings. The number of H-pyrrole nitrogens is 1. The second kappa shape index (κ2) is 5.40. The number of hydrogen-bond donors (Lipinski definition) is 3. The number of halogens is 1. The molecule has 2 rings (SSSR count). The van der Waals surface area contributed by atoms with E-state index in [0.29, 0.717) is 23.9 Å². The average Bonchev–Trinajstić information content (AvgIpc) is 3.05. The summed E-state index contributed by atoms with van der Waals surface area (Å²) in [5.41, 5.74) is 6.21. The van der Waals surface area contributed by atoms with E-state index < -0.39 is 15.6 Å². The van der Waals surface area contributed by atoms with E-state index in [2.05, 4.69) is 14.9 Å². The second-order valence-corrected chi connectivity index (χ2v) is 6.88. The second-order valence-electron chi connectivity index (χ2n) is 5.26. The van der Waals surface area contributed by atoms with Gasteiger partial charge in [0.25, 0.3) is 0 Å². The van der Waals surface area contributed by atoms with Gasteiger partial charge in [-0.25, -0.2) is 13.1 Å². The van der Waals surface area contributed by atoms with Gasteiger partial charge < -0.3 is 5.73 Å². The van der Waals surface area contributed by atoms with E-state index in [-0.39, 0.29) is 17.3 Å². The maximum absolute atomic E-state index is 12.4. The Morgan fingerprint density at radius 3 is 2.42 bits per heavy atom. The molecule has 110 valence electrons. The van der Waals surface area contributed by atoms with Crippen molar-refractivity contribution in [3.05, 3.63) is 11.4 Å². The molecule has 19 heavy (non-hydrogen) atoms. The molecule has 0 aromatic carbocycles. The molecular weight excluding hydrogens is 288 g/mol. The summed E-state index contributed by atoms with van der Waals surface area (Å²) in [4.78, 5) is 0.239. The summed E-state index contributed by atoms with van der Waals surface area (Å²) in [6.07, 6.45) is 2.05. The minimum atomic E-state index is -3.58. The number of aromatic amines is 1. The van der Waals surface area contributed by atoms with Crippen molar-refractivity contribution >= 4 is 22.4 Å². The lowest BCUT2D eigenvalue weighted by Crippen LogP contribution is -2.53. The van der Waals surface area contributed by atoms with Gasteiger partial charge in [-0.2, -0.15) is 5.10 Å². The number of sulfonamides is 1. The number of nitrogens with zero attached hydrogens (tertiary/aromatic N) is 1. The van der Waals surface area contributed by atoms with E-state index in [9.17, 15) is 8.42 Å². The molecule has 1 saturated carbocycles. The molecule has 0 radical (unpaired) electrons. The Bertz CT molecular complexity index is 534. The highest BCUT2D eigenvalue weighted by Gasteiger charge is 2.44. The van der Waals surface area contributed by atoms with Crippen LogP contribution in [-0.2, 0) is 10.0 Å². The lowest BCUT2D eigenvalue weighted by atomic mass is 9.98. The third-order valence-corrected chi connectivity index (χ3v) is 5.47. The number of hydrogen-bond acceptors (Lipinski definition) is 4. The molecule has 1 aromatic rings. The molecule has 6 nitrogen and oxygen atoms in total. The molecule has 0 bridgehead atoms. The summed E-state index contributed by atoms with van der Waals surface area (Å²) in [7, 11) is -3.58. The molecule has 0 spiro atoms. The predicted molar refractivity (Wildman–Crippen MR) is 75.8 cm³/mol. The first-order valence-electron chi connectivity index (χ1n) is 6.06. The first-order chi connectivity index (χ1) is 8.30. The Morgan fingerprint density at radius 2 is 2.05 bits per heavy atom. The van der Waals surface area contributed by atoms with Crippen LogP contribution >= 0.6 is 12.4 Å². The summed E-state index contributed by atoms with van der Waals surface area (Å²) in [5, 5.41) is 6.61. The number of aromatic nitrogens is 2. The van der Waals surface area contributed by atoms with E-state index in [1.807, 2.05) is 6.92 Å². The largest absolute Gasteiger partial charge is 0.329 e. The van der Waals surface area contributed by atoms with E-state index in [1.54, 1.807) is 13.8 Å². The Hall–Kier alpha value is -0.630. The first kappa shape index (κ1) is 16.4. The SMILES string of the molecule is Cc1n[nH]c(C)c1S(=O)(=O)NC(C)(CN)C1CC1.Cl. The zero-order valence-corrected chi connectivity index (χ0v) is 13.0. The molecule has 1 atom stereocenters. The van der Waals surface area contributed by atoms with Crippen LogP contribution in [-0.4, -0.2) is 30.7 Å². The number of nitrogens with two attached hydrogens (primary N) is 1. The van der Waals surface area contributed by atoms with Crippen LogP contribution in [0.25, 0.3) is 0 Å². The minimum absolute atomic E-state index is 0. The topological polar surface area (TPSA) is 101 Å². The van der Waals surface area contributed by atoms with Crippen LogP contribution in [0.5, 0.6) is 0 Å². The monoisotopic (exact) mass is 308 g/mol. The zero-order chi connectivity index (χ0) is 13.6. The van der Waals surface area contributed by atoms with Gasteiger partial charge in [-0.15, -0.1) is 12.4 Å². The summed E-state index contributed by atoms with van der Waals surface area (Å²) in [6, 6.07) is 0. The molecular formula is C11H21ClN4O2S. The van der Waals surface area contributed by atoms with Crippen LogP contribution < -0.4 is 10.5 Å². The van der Waals surface area contributed by atoms with Gasteiger partial charge in [-0.3, -0.25) is 5.10 Å². The van der Waals surface area contributed by atoms with Gasteiger partial charge in [0.2, 0.25) is 10.0 Å². The Balaban J connectivity index is 0.00000180. The van der Waals surface area contributed by atoms with E-state index in [1.165, 1.54) is 0 Å². The predicted octanol–water partition coefficient (Wildman–Crippen LogP) is 0.854. The van der Waals surface area contributed by atoms with Crippen LogP contribution in [0.3, 0.4) is 0 Å². The van der Waals surface area contributed by atoms with Gasteiger partial charge in [-0.1, -0.05) is 0 Å². The van der Waals surface area contributed by atoms with Crippen molar-refractivity contribution in [3.8, 4) is 0 Å². The molecule has 1 heterocycles. The number of nitrogens with one attached hydrogen (secondary N) is 2. The van der Waals surface area contributed by atoms with Crippen LogP contribution in [0.1, 0.15) is 31.2 Å². The van der Waals surface area contributed by atoms with Crippen molar-refractivity contribution in [2.75, 3.05) is 6.54 Å². The van der Waals surface area contributed by atoms with Crippen molar-refractivity contribution in [3.63, 3.8) is 0 Å². The van der Waals surface area contributed by atoms with Gasteiger partial charge in [-0.05, 0) is 39.5 Å². The molecule has 0 amide bonds. The molecule has 1 aliphatic carbocycles. The van der Waals surface area contributed by atoms with Crippen LogP contribution in [0, 0.1) is 19.8 Å². The lowest BCUT2D eigenvalue weighted by Gasteiger charge is -2.29. The smallest absolute Gasteiger partial charge is 0.244 e. The Kier molecular flexibility index (Phi) is 4.66. The van der Waals surface area contributed by atoms with Crippen molar-refractivity contribution in [2.45, 2.75) is 44.0 Å². The fourth-order valence-corrected chi connectivity index (χ4v) is 4.16. The number of aryl methyl sites for hydroxylation is 2. The highest BCUT2D eigenvalue weighted by atomic mass is 35.5. The Morgan fingerprint density at radius 1 is 1.47 bits per heavy atom. The summed E-state index contributed by atoms with van der Waals surface area (Å²) >= 11 is 0. The lowest BCUT2D eigenvalue weighted by molar-refractivity contribution is 0.374. The van der Waals surface area contributed by atoms with Crippen molar-refractivity contribution in [1.29, 1.82) is 0 Å². The van der Waals surface area contributed by atoms with Gasteiger partial charge in [0.05, 0.1) is 11.4 Å². The fourth-order valence-electron chi connectivity index (χ4n) is 2.31. The standard InChI is InChI=1S/C11H20N4O2S.ClH/c1-7-10(8(2)14-13-7)18(16,17)15-11(3,6-12)9-4-5-9;/h9,15H,4-6,12H2,1-3H3,(H,13,14);1H. The van der Waals surface area contributed by atoms with Crippen LogP contribution in [0.15, 0.2) is 4.90 Å². The fraction of sp³-hybridized carbons (Fsp3) is 0.727. The molecule has 0 saturated heterocycles. The molecule has 1 unspecified atom stereocenters. The maximum atomic E-state index is 12.4.